The van der Waals surface area contributed by atoms with Crippen LogP contribution in [-0.2, 0) is 0 Å². The van der Waals surface area contributed by atoms with E-state index in [-0.39, 0.29) is 10.2 Å². The molecule has 1 aromatic carbocycles. The van der Waals surface area contributed by atoms with E-state index in [1.807, 2.05) is 0 Å². The lowest BCUT2D eigenvalue weighted by Crippen LogP contribution is -2.21. The van der Waals surface area contributed by atoms with Crippen LogP contribution in [0.1, 0.15) is 0 Å². The van der Waals surface area contributed by atoms with E-state index in [0.29, 0.717) is 10.7 Å². The van der Waals surface area contributed by atoms with Crippen molar-refractivity contribution in [1.82, 2.24) is 9.78 Å². The maximum absolute atomic E-state index is 11.7. The number of hydrogen-bond acceptors (Lipinski definition) is 2. The number of aromatic nitrogens is 2. The van der Waals surface area contributed by atoms with Crippen molar-refractivity contribution in [2.24, 2.45) is 0 Å². The Kier molecular flexibility index (Phi) is 3.19. The summed E-state index contributed by atoms with van der Waals surface area (Å²) in [6.45, 7) is 0. The van der Waals surface area contributed by atoms with Crippen LogP contribution in [0.5, 0.6) is 0 Å². The molecule has 0 spiro atoms. The van der Waals surface area contributed by atoms with Gasteiger partial charge in [0.2, 0.25) is 0 Å². The summed E-state index contributed by atoms with van der Waals surface area (Å²) in [6.07, 6.45) is 0. The molecule has 1 aromatic heterocycles. The van der Waals surface area contributed by atoms with Gasteiger partial charge in [0.1, 0.15) is 5.02 Å². The summed E-state index contributed by atoms with van der Waals surface area (Å²) in [5.74, 6) is 0. The molecule has 0 aliphatic carbocycles. The molecule has 0 saturated heterocycles. The summed E-state index contributed by atoms with van der Waals surface area (Å²) >= 11 is 17.2. The van der Waals surface area contributed by atoms with Crippen molar-refractivity contribution in [3.8, 4) is 5.69 Å². The Morgan fingerprint density at radius 2 is 1.69 bits per heavy atom. The van der Waals surface area contributed by atoms with Crippen LogP contribution >= 0.6 is 34.8 Å². The van der Waals surface area contributed by atoms with E-state index >= 15 is 0 Å². The second-order valence-electron chi connectivity index (χ2n) is 3.01. The molecule has 2 aromatic rings. The molecule has 0 atom stereocenters. The zero-order valence-electron chi connectivity index (χ0n) is 7.82. The highest BCUT2D eigenvalue weighted by Gasteiger charge is 2.06. The first-order valence-electron chi connectivity index (χ1n) is 4.29. The highest BCUT2D eigenvalue weighted by molar-refractivity contribution is 6.33. The fraction of sp³-hybridized carbons (Fsp3) is 0. The van der Waals surface area contributed by atoms with E-state index < -0.39 is 5.56 Å². The van der Waals surface area contributed by atoms with Gasteiger partial charge >= 0.3 is 0 Å². The highest BCUT2D eigenvalue weighted by Crippen LogP contribution is 2.14. The van der Waals surface area contributed by atoms with E-state index in [9.17, 15) is 4.79 Å². The van der Waals surface area contributed by atoms with Crippen molar-refractivity contribution >= 4 is 34.8 Å². The quantitative estimate of drug-likeness (QED) is 0.801. The number of halogens is 3. The molecule has 16 heavy (non-hydrogen) atoms. The third-order valence-electron chi connectivity index (χ3n) is 1.91. The standard InChI is InChI=1S/C10H5Cl3N2O/c11-6-1-3-7(4-2-6)15-10(16)8(12)5-9(13)14-15/h1-5H. The van der Waals surface area contributed by atoms with Gasteiger partial charge in [0, 0.05) is 11.1 Å². The summed E-state index contributed by atoms with van der Waals surface area (Å²) < 4.78 is 1.13. The molecule has 0 bridgehead atoms. The molecule has 0 aliphatic rings. The summed E-state index contributed by atoms with van der Waals surface area (Å²) in [5, 5.41) is 4.63. The van der Waals surface area contributed by atoms with Gasteiger partial charge in [-0.2, -0.15) is 9.78 Å². The number of hydrogen-bond donors (Lipinski definition) is 0. The SMILES string of the molecule is O=c1c(Cl)cc(Cl)nn1-c1ccc(Cl)cc1. The predicted octanol–water partition coefficient (Wildman–Crippen LogP) is 3.19. The van der Waals surface area contributed by atoms with Crippen LogP contribution in [-0.4, -0.2) is 9.78 Å². The van der Waals surface area contributed by atoms with Crippen LogP contribution in [0.25, 0.3) is 5.69 Å². The summed E-state index contributed by atoms with van der Waals surface area (Å²) in [6, 6.07) is 7.92. The van der Waals surface area contributed by atoms with Gasteiger partial charge < -0.3 is 0 Å². The Morgan fingerprint density at radius 3 is 2.31 bits per heavy atom. The second kappa shape index (κ2) is 4.45. The topological polar surface area (TPSA) is 34.9 Å². The fourth-order valence-electron chi connectivity index (χ4n) is 1.19. The Balaban J connectivity index is 2.64. The molecule has 1 heterocycles. The van der Waals surface area contributed by atoms with E-state index in [2.05, 4.69) is 5.10 Å². The van der Waals surface area contributed by atoms with Gasteiger partial charge in [-0.15, -0.1) is 0 Å². The Hall–Kier alpha value is -1.03. The average molecular weight is 276 g/mol. The van der Waals surface area contributed by atoms with Crippen molar-refractivity contribution in [2.75, 3.05) is 0 Å². The lowest BCUT2D eigenvalue weighted by molar-refractivity contribution is 0.808. The highest BCUT2D eigenvalue weighted by atomic mass is 35.5. The van der Waals surface area contributed by atoms with Gasteiger partial charge in [0.15, 0.2) is 5.15 Å². The van der Waals surface area contributed by atoms with Crippen LogP contribution < -0.4 is 5.56 Å². The number of benzene rings is 1. The molecular weight excluding hydrogens is 270 g/mol. The lowest BCUT2D eigenvalue weighted by Gasteiger charge is -2.05. The van der Waals surface area contributed by atoms with Crippen molar-refractivity contribution in [3.63, 3.8) is 0 Å². The molecule has 2 rings (SSSR count). The second-order valence-corrected chi connectivity index (χ2v) is 4.24. The van der Waals surface area contributed by atoms with Crippen molar-refractivity contribution in [1.29, 1.82) is 0 Å². The predicted molar refractivity (Wildman–Crippen MR) is 64.9 cm³/mol. The molecule has 6 heteroatoms. The maximum Gasteiger partial charge on any atom is 0.290 e. The minimum Gasteiger partial charge on any atom is -0.266 e. The van der Waals surface area contributed by atoms with Gasteiger partial charge in [-0.25, -0.2) is 0 Å². The molecular formula is C10H5Cl3N2O. The molecule has 0 unspecified atom stereocenters. The lowest BCUT2D eigenvalue weighted by atomic mass is 10.3. The molecule has 0 radical (unpaired) electrons. The molecule has 3 nitrogen and oxygen atoms in total. The van der Waals surface area contributed by atoms with Crippen molar-refractivity contribution < 1.29 is 0 Å². The van der Waals surface area contributed by atoms with E-state index in [1.54, 1.807) is 24.3 Å². The Bertz CT molecular complexity index is 578. The van der Waals surface area contributed by atoms with E-state index in [0.717, 1.165) is 4.68 Å². The molecule has 0 amide bonds. The third kappa shape index (κ3) is 2.21. The van der Waals surface area contributed by atoms with Crippen LogP contribution in [0, 0.1) is 0 Å². The zero-order chi connectivity index (χ0) is 11.7. The first kappa shape index (κ1) is 11.5. The van der Waals surface area contributed by atoms with Gasteiger partial charge in [0.25, 0.3) is 5.56 Å². The Morgan fingerprint density at radius 1 is 1.06 bits per heavy atom. The summed E-state index contributed by atoms with van der Waals surface area (Å²) in [4.78, 5) is 11.7. The smallest absolute Gasteiger partial charge is 0.266 e. The van der Waals surface area contributed by atoms with Gasteiger partial charge in [-0.3, -0.25) is 4.79 Å². The maximum atomic E-state index is 11.7. The van der Waals surface area contributed by atoms with Gasteiger partial charge in [-0.1, -0.05) is 34.8 Å². The average Bonchev–Trinajstić information content (AvgIpc) is 2.25. The number of nitrogens with zero attached hydrogens (tertiary/aromatic N) is 2. The van der Waals surface area contributed by atoms with E-state index in [4.69, 9.17) is 34.8 Å². The molecule has 0 aliphatic heterocycles. The molecule has 0 N–H and O–H groups in total. The molecule has 0 saturated carbocycles. The minimum absolute atomic E-state index is 0.0231. The van der Waals surface area contributed by atoms with Crippen LogP contribution in [0.2, 0.25) is 15.2 Å². The summed E-state index contributed by atoms with van der Waals surface area (Å²) in [5.41, 5.74) is 0.132. The van der Waals surface area contributed by atoms with Gasteiger partial charge in [-0.05, 0) is 24.3 Å². The summed E-state index contributed by atoms with van der Waals surface area (Å²) in [7, 11) is 0. The fourth-order valence-corrected chi connectivity index (χ4v) is 1.74. The van der Waals surface area contributed by atoms with Crippen molar-refractivity contribution in [3.05, 3.63) is 55.9 Å². The largest absolute Gasteiger partial charge is 0.290 e. The third-order valence-corrected chi connectivity index (χ3v) is 2.62. The molecule has 0 fully saturated rings. The van der Waals surface area contributed by atoms with E-state index in [1.165, 1.54) is 6.07 Å². The molecule has 82 valence electrons. The first-order valence-corrected chi connectivity index (χ1v) is 5.42. The minimum atomic E-state index is -0.423. The first-order chi connectivity index (χ1) is 7.58. The monoisotopic (exact) mass is 274 g/mol. The van der Waals surface area contributed by atoms with Crippen LogP contribution in [0.4, 0.5) is 0 Å². The van der Waals surface area contributed by atoms with Crippen LogP contribution in [0.3, 0.4) is 0 Å². The zero-order valence-corrected chi connectivity index (χ0v) is 10.1. The van der Waals surface area contributed by atoms with Crippen LogP contribution in [0.15, 0.2) is 35.1 Å². The van der Waals surface area contributed by atoms with Gasteiger partial charge in [0.05, 0.1) is 5.69 Å². The van der Waals surface area contributed by atoms with Crippen molar-refractivity contribution in [2.45, 2.75) is 0 Å². The normalized spacial score (nSPS) is 10.4. The number of rotatable bonds is 1. The Labute approximate surface area is 106 Å².